The molecule has 4 rings (SSSR count). The highest BCUT2D eigenvalue weighted by molar-refractivity contribution is 6.31. The average Bonchev–Trinajstić information content (AvgIpc) is 2.70. The molecule has 1 aromatic carbocycles. The van der Waals surface area contributed by atoms with Crippen LogP contribution >= 0.6 is 11.6 Å². The van der Waals surface area contributed by atoms with Gasteiger partial charge in [0.2, 0.25) is 0 Å². The summed E-state index contributed by atoms with van der Waals surface area (Å²) in [4.78, 5) is 16.7. The summed E-state index contributed by atoms with van der Waals surface area (Å²) in [6.07, 6.45) is -2.91. The van der Waals surface area contributed by atoms with E-state index in [1.54, 1.807) is 6.07 Å². The summed E-state index contributed by atoms with van der Waals surface area (Å²) in [5.74, 6) is -0.442. The second kappa shape index (κ2) is 8.75. The number of rotatable bonds is 6. The minimum absolute atomic E-state index is 0.0984. The Bertz CT molecular complexity index is 1080. The predicted octanol–water partition coefficient (Wildman–Crippen LogP) is 5.07. The molecule has 1 aliphatic carbocycles. The third-order valence-electron chi connectivity index (χ3n) is 5.99. The highest BCUT2D eigenvalue weighted by Crippen LogP contribution is 2.35. The van der Waals surface area contributed by atoms with Crippen molar-refractivity contribution in [1.82, 2.24) is 9.88 Å². The van der Waals surface area contributed by atoms with Crippen LogP contribution in [-0.4, -0.2) is 40.6 Å². The van der Waals surface area contributed by atoms with Gasteiger partial charge in [0.15, 0.2) is 5.69 Å². The number of allylic oxidation sites excluding steroid dienone is 1. The molecule has 0 bridgehead atoms. The van der Waals surface area contributed by atoms with Gasteiger partial charge in [0, 0.05) is 19.6 Å². The molecule has 0 radical (unpaired) electrons. The third-order valence-corrected chi connectivity index (χ3v) is 6.29. The zero-order valence-corrected chi connectivity index (χ0v) is 18.1. The van der Waals surface area contributed by atoms with Gasteiger partial charge < -0.3 is 9.84 Å². The number of alkyl halides is 3. The van der Waals surface area contributed by atoms with E-state index < -0.39 is 22.9 Å². The lowest BCUT2D eigenvalue weighted by atomic mass is 9.85. The molecule has 1 saturated heterocycles. The van der Waals surface area contributed by atoms with Crippen LogP contribution in [0.2, 0.25) is 5.02 Å². The topological polar surface area (TPSA) is 62.7 Å². The molecular formula is C23H22ClF3N2O3. The largest absolute Gasteiger partial charge is 0.487 e. The molecule has 1 N–H and O–H groups in total. The molecule has 1 aliphatic heterocycles. The van der Waals surface area contributed by atoms with E-state index in [-0.39, 0.29) is 18.2 Å². The number of likely N-dealkylation sites (tertiary alicyclic amines) is 1. The number of pyridine rings is 1. The lowest BCUT2D eigenvalue weighted by Crippen LogP contribution is -2.50. The van der Waals surface area contributed by atoms with E-state index in [1.165, 1.54) is 23.3 Å². The Morgan fingerprint density at radius 3 is 2.69 bits per heavy atom. The van der Waals surface area contributed by atoms with Crippen LogP contribution in [0.25, 0.3) is 5.57 Å². The van der Waals surface area contributed by atoms with Gasteiger partial charge in [-0.2, -0.15) is 13.2 Å². The Morgan fingerprint density at radius 1 is 1.25 bits per heavy atom. The van der Waals surface area contributed by atoms with Crippen LogP contribution in [0.3, 0.4) is 0 Å². The summed E-state index contributed by atoms with van der Waals surface area (Å²) in [6.45, 7) is 3.91. The molecule has 2 aromatic rings. The van der Waals surface area contributed by atoms with Gasteiger partial charge in [0.05, 0.1) is 16.6 Å². The van der Waals surface area contributed by atoms with Gasteiger partial charge in [-0.15, -0.1) is 0 Å². The fourth-order valence-electron chi connectivity index (χ4n) is 4.14. The molecule has 170 valence electrons. The number of hydrogen-bond acceptors (Lipinski definition) is 4. The first-order valence-electron chi connectivity index (χ1n) is 10.2. The molecule has 0 amide bonds. The fourth-order valence-corrected chi connectivity index (χ4v) is 4.35. The van der Waals surface area contributed by atoms with E-state index in [2.05, 4.69) is 16.8 Å². The molecular weight excluding hydrogens is 445 g/mol. The average molecular weight is 467 g/mol. The van der Waals surface area contributed by atoms with E-state index >= 15 is 0 Å². The monoisotopic (exact) mass is 466 g/mol. The van der Waals surface area contributed by atoms with Crippen molar-refractivity contribution >= 4 is 23.1 Å². The first kappa shape index (κ1) is 22.6. The zero-order chi connectivity index (χ0) is 23.0. The number of ether oxygens (including phenoxy) is 1. The highest BCUT2D eigenvalue weighted by Gasteiger charge is 2.35. The summed E-state index contributed by atoms with van der Waals surface area (Å²) in [7, 11) is 0. The molecule has 2 heterocycles. The van der Waals surface area contributed by atoms with Crippen molar-refractivity contribution in [2.24, 2.45) is 5.92 Å². The molecule has 0 atom stereocenters. The number of carbonyl (C=O) groups is 1. The Labute approximate surface area is 188 Å². The molecule has 0 saturated carbocycles. The maximum atomic E-state index is 13.0. The first-order chi connectivity index (χ1) is 15.1. The number of aliphatic carboxylic acids is 1. The van der Waals surface area contributed by atoms with Gasteiger partial charge in [-0.3, -0.25) is 9.69 Å². The van der Waals surface area contributed by atoms with E-state index in [9.17, 15) is 18.0 Å². The number of aromatic nitrogens is 1. The maximum Gasteiger partial charge on any atom is 0.434 e. The summed E-state index contributed by atoms with van der Waals surface area (Å²) in [6, 6.07) is 8.28. The van der Waals surface area contributed by atoms with Crippen LogP contribution < -0.4 is 4.74 Å². The standard InChI is InChI=1S/C23H22ClF3N2O3/c1-13-15(9-29-10-16(11-29)22(30)31)3-2-14-8-18(5-6-19(13)14)32-12-17-4-7-20(24)21(28-17)23(25,26)27/h4-8,16H,2-3,9-12H2,1H3,(H,30,31). The fraction of sp³-hybridized carbons (Fsp3) is 0.391. The molecule has 5 nitrogen and oxygen atoms in total. The van der Waals surface area contributed by atoms with Crippen molar-refractivity contribution in [3.8, 4) is 5.75 Å². The second-order valence-corrected chi connectivity index (χ2v) is 8.60. The number of carboxylic acid groups (broad SMARTS) is 1. The Kier molecular flexibility index (Phi) is 6.18. The molecule has 1 fully saturated rings. The van der Waals surface area contributed by atoms with Crippen molar-refractivity contribution in [3.63, 3.8) is 0 Å². The summed E-state index contributed by atoms with van der Waals surface area (Å²) in [5, 5.41) is 8.59. The smallest absolute Gasteiger partial charge is 0.434 e. The minimum Gasteiger partial charge on any atom is -0.487 e. The van der Waals surface area contributed by atoms with Gasteiger partial charge >= 0.3 is 12.1 Å². The normalized spacial score (nSPS) is 17.2. The van der Waals surface area contributed by atoms with Gasteiger partial charge in [-0.25, -0.2) is 4.98 Å². The van der Waals surface area contributed by atoms with Crippen LogP contribution in [0.1, 0.15) is 35.9 Å². The molecule has 9 heteroatoms. The first-order valence-corrected chi connectivity index (χ1v) is 10.6. The Balaban J connectivity index is 1.42. The van der Waals surface area contributed by atoms with Crippen molar-refractivity contribution in [2.75, 3.05) is 19.6 Å². The third kappa shape index (κ3) is 4.76. The summed E-state index contributed by atoms with van der Waals surface area (Å²) in [5.41, 5.74) is 3.77. The van der Waals surface area contributed by atoms with E-state index in [0.717, 1.165) is 30.5 Å². The van der Waals surface area contributed by atoms with Crippen LogP contribution in [0.15, 0.2) is 35.9 Å². The quantitative estimate of drug-likeness (QED) is 0.644. The second-order valence-electron chi connectivity index (χ2n) is 8.20. The zero-order valence-electron chi connectivity index (χ0n) is 17.4. The van der Waals surface area contributed by atoms with Crippen LogP contribution in [0.4, 0.5) is 13.2 Å². The Hall–Kier alpha value is -2.58. The van der Waals surface area contributed by atoms with Gasteiger partial charge in [0.1, 0.15) is 12.4 Å². The molecule has 1 aromatic heterocycles. The van der Waals surface area contributed by atoms with Gasteiger partial charge in [0.25, 0.3) is 0 Å². The summed E-state index contributed by atoms with van der Waals surface area (Å²) >= 11 is 5.61. The van der Waals surface area contributed by atoms with E-state index in [1.807, 2.05) is 12.1 Å². The maximum absolute atomic E-state index is 13.0. The molecule has 0 spiro atoms. The Morgan fingerprint density at radius 2 is 2.00 bits per heavy atom. The minimum atomic E-state index is -4.62. The highest BCUT2D eigenvalue weighted by atomic mass is 35.5. The number of nitrogens with zero attached hydrogens (tertiary/aromatic N) is 2. The van der Waals surface area contributed by atoms with Gasteiger partial charge in [-0.1, -0.05) is 23.2 Å². The van der Waals surface area contributed by atoms with Crippen LogP contribution in [0.5, 0.6) is 5.75 Å². The van der Waals surface area contributed by atoms with E-state index in [4.69, 9.17) is 21.4 Å². The number of benzene rings is 1. The van der Waals surface area contributed by atoms with Crippen LogP contribution in [0, 0.1) is 5.92 Å². The van der Waals surface area contributed by atoms with Crippen molar-refractivity contribution in [2.45, 2.75) is 32.5 Å². The number of hydrogen-bond donors (Lipinski definition) is 1. The molecule has 0 unspecified atom stereocenters. The number of halogens is 4. The predicted molar refractivity (Wildman–Crippen MR) is 114 cm³/mol. The lowest BCUT2D eigenvalue weighted by molar-refractivity contribution is -0.147. The number of carboxylic acids is 1. The van der Waals surface area contributed by atoms with Crippen molar-refractivity contribution < 1.29 is 27.8 Å². The van der Waals surface area contributed by atoms with Gasteiger partial charge in [-0.05, 0) is 60.7 Å². The van der Waals surface area contributed by atoms with Crippen molar-refractivity contribution in [3.05, 3.63) is 63.4 Å². The van der Waals surface area contributed by atoms with E-state index in [0.29, 0.717) is 18.8 Å². The molecule has 2 aliphatic rings. The molecule has 32 heavy (non-hydrogen) atoms. The van der Waals surface area contributed by atoms with Crippen molar-refractivity contribution in [1.29, 1.82) is 0 Å². The lowest BCUT2D eigenvalue weighted by Gasteiger charge is -2.38. The SMILES string of the molecule is CC1=C(CN2CC(C(=O)O)C2)CCc2cc(OCc3ccc(Cl)c(C(F)(F)F)n3)ccc21. The van der Waals surface area contributed by atoms with Crippen LogP contribution in [-0.2, 0) is 24.0 Å². The summed E-state index contributed by atoms with van der Waals surface area (Å²) < 4.78 is 44.7. The number of fused-ring (bicyclic) bond motifs is 1. The number of aryl methyl sites for hydroxylation is 1.